The van der Waals surface area contributed by atoms with Crippen LogP contribution < -0.4 is 15.2 Å². The molecule has 4 nitrogen and oxygen atoms in total. The van der Waals surface area contributed by atoms with Crippen LogP contribution in [-0.4, -0.2) is 12.1 Å². The van der Waals surface area contributed by atoms with E-state index in [1.807, 2.05) is 30.5 Å². The summed E-state index contributed by atoms with van der Waals surface area (Å²) in [6, 6.07) is 5.63. The van der Waals surface area contributed by atoms with Crippen LogP contribution in [0.3, 0.4) is 0 Å². The standard InChI is InChI=1S/C12H14N2O2S/c1-8-7-17-12(14-8)16-10-4-3-9(6-13)5-11(10)15-2/h3-5,7H,6,13H2,1-2H3. The van der Waals surface area contributed by atoms with Crippen molar-refractivity contribution < 1.29 is 9.47 Å². The van der Waals surface area contributed by atoms with E-state index in [-0.39, 0.29) is 0 Å². The lowest BCUT2D eigenvalue weighted by molar-refractivity contribution is 0.377. The van der Waals surface area contributed by atoms with E-state index in [1.54, 1.807) is 7.11 Å². The predicted octanol–water partition coefficient (Wildman–Crippen LogP) is 2.71. The van der Waals surface area contributed by atoms with Gasteiger partial charge in [-0.3, -0.25) is 0 Å². The highest BCUT2D eigenvalue weighted by Gasteiger charge is 2.08. The lowest BCUT2D eigenvalue weighted by Gasteiger charge is -2.09. The summed E-state index contributed by atoms with van der Waals surface area (Å²) in [4.78, 5) is 4.24. The van der Waals surface area contributed by atoms with Crippen LogP contribution >= 0.6 is 11.3 Å². The molecular weight excluding hydrogens is 236 g/mol. The Bertz CT molecular complexity index is 511. The molecule has 0 unspecified atom stereocenters. The van der Waals surface area contributed by atoms with Gasteiger partial charge in [0.1, 0.15) is 0 Å². The number of rotatable bonds is 4. The zero-order chi connectivity index (χ0) is 12.3. The molecule has 0 spiro atoms. The summed E-state index contributed by atoms with van der Waals surface area (Å²) in [5.74, 6) is 1.32. The molecule has 0 aliphatic heterocycles. The maximum absolute atomic E-state index is 5.66. The summed E-state index contributed by atoms with van der Waals surface area (Å²) in [6.45, 7) is 2.41. The summed E-state index contributed by atoms with van der Waals surface area (Å²) < 4.78 is 10.9. The number of ether oxygens (including phenoxy) is 2. The second kappa shape index (κ2) is 5.16. The topological polar surface area (TPSA) is 57.4 Å². The van der Waals surface area contributed by atoms with E-state index in [1.165, 1.54) is 11.3 Å². The number of hydrogen-bond donors (Lipinski definition) is 1. The van der Waals surface area contributed by atoms with Crippen LogP contribution in [0.5, 0.6) is 16.7 Å². The number of nitrogens with two attached hydrogens (primary N) is 1. The maximum atomic E-state index is 5.66. The van der Waals surface area contributed by atoms with Gasteiger partial charge in [0, 0.05) is 11.9 Å². The van der Waals surface area contributed by atoms with Crippen LogP contribution in [0.15, 0.2) is 23.6 Å². The van der Waals surface area contributed by atoms with Crippen LogP contribution in [0.4, 0.5) is 0 Å². The minimum Gasteiger partial charge on any atom is -0.493 e. The van der Waals surface area contributed by atoms with Crippen molar-refractivity contribution in [1.82, 2.24) is 4.98 Å². The third kappa shape index (κ3) is 2.75. The fraction of sp³-hybridized carbons (Fsp3) is 0.250. The molecule has 0 fully saturated rings. The fourth-order valence-corrected chi connectivity index (χ4v) is 2.06. The van der Waals surface area contributed by atoms with Crippen molar-refractivity contribution in [2.45, 2.75) is 13.5 Å². The average molecular weight is 250 g/mol. The molecule has 5 heteroatoms. The fourth-order valence-electron chi connectivity index (χ4n) is 1.40. The van der Waals surface area contributed by atoms with Crippen LogP contribution in [0, 0.1) is 6.92 Å². The molecule has 0 atom stereocenters. The van der Waals surface area contributed by atoms with Gasteiger partial charge in [0.25, 0.3) is 5.19 Å². The van der Waals surface area contributed by atoms with Gasteiger partial charge in [0.05, 0.1) is 12.8 Å². The first kappa shape index (κ1) is 11.9. The molecule has 1 aromatic heterocycles. The Morgan fingerprint density at radius 1 is 1.35 bits per heavy atom. The van der Waals surface area contributed by atoms with Crippen molar-refractivity contribution in [3.8, 4) is 16.7 Å². The van der Waals surface area contributed by atoms with Crippen LogP contribution in [0.1, 0.15) is 11.3 Å². The molecule has 1 aromatic carbocycles. The normalized spacial score (nSPS) is 10.3. The van der Waals surface area contributed by atoms with Crippen molar-refractivity contribution in [2.24, 2.45) is 5.73 Å². The highest BCUT2D eigenvalue weighted by atomic mass is 32.1. The average Bonchev–Trinajstić information content (AvgIpc) is 2.75. The van der Waals surface area contributed by atoms with E-state index < -0.39 is 0 Å². The Kier molecular flexibility index (Phi) is 3.61. The molecule has 2 rings (SSSR count). The number of methoxy groups -OCH3 is 1. The first-order valence-electron chi connectivity index (χ1n) is 5.20. The molecule has 0 saturated heterocycles. The molecule has 0 aliphatic carbocycles. The van der Waals surface area contributed by atoms with E-state index in [0.717, 1.165) is 11.3 Å². The summed E-state index contributed by atoms with van der Waals surface area (Å²) in [7, 11) is 1.61. The number of benzene rings is 1. The van der Waals surface area contributed by atoms with Crippen molar-refractivity contribution >= 4 is 11.3 Å². The Morgan fingerprint density at radius 2 is 2.18 bits per heavy atom. The molecule has 0 radical (unpaired) electrons. The number of aryl methyl sites for hydroxylation is 1. The van der Waals surface area contributed by atoms with Crippen molar-refractivity contribution in [3.63, 3.8) is 0 Å². The Hall–Kier alpha value is -1.59. The molecule has 2 N–H and O–H groups in total. The van der Waals surface area contributed by atoms with E-state index in [0.29, 0.717) is 23.2 Å². The van der Waals surface area contributed by atoms with E-state index in [9.17, 15) is 0 Å². The zero-order valence-corrected chi connectivity index (χ0v) is 10.6. The van der Waals surface area contributed by atoms with Crippen molar-refractivity contribution in [1.29, 1.82) is 0 Å². The van der Waals surface area contributed by atoms with Crippen LogP contribution in [0.2, 0.25) is 0 Å². The van der Waals surface area contributed by atoms with Gasteiger partial charge in [-0.05, 0) is 24.6 Å². The molecular formula is C12H14N2O2S. The quantitative estimate of drug-likeness (QED) is 0.906. The highest BCUT2D eigenvalue weighted by Crippen LogP contribution is 2.33. The van der Waals surface area contributed by atoms with Gasteiger partial charge in [-0.2, -0.15) is 0 Å². The second-order valence-corrected chi connectivity index (χ2v) is 4.37. The van der Waals surface area contributed by atoms with E-state index in [4.69, 9.17) is 15.2 Å². The maximum Gasteiger partial charge on any atom is 0.279 e. The van der Waals surface area contributed by atoms with Gasteiger partial charge >= 0.3 is 0 Å². The lowest BCUT2D eigenvalue weighted by Crippen LogP contribution is -1.98. The zero-order valence-electron chi connectivity index (χ0n) is 9.77. The first-order valence-corrected chi connectivity index (χ1v) is 6.08. The number of aromatic nitrogens is 1. The minimum absolute atomic E-state index is 0.479. The van der Waals surface area contributed by atoms with Crippen molar-refractivity contribution in [3.05, 3.63) is 34.8 Å². The van der Waals surface area contributed by atoms with Gasteiger partial charge in [0.2, 0.25) is 0 Å². The number of thiazole rings is 1. The number of nitrogens with zero attached hydrogens (tertiary/aromatic N) is 1. The van der Waals surface area contributed by atoms with Gasteiger partial charge in [-0.15, -0.1) is 0 Å². The first-order chi connectivity index (χ1) is 8.22. The van der Waals surface area contributed by atoms with E-state index >= 15 is 0 Å². The highest BCUT2D eigenvalue weighted by molar-refractivity contribution is 7.11. The summed E-state index contributed by atoms with van der Waals surface area (Å²) in [5, 5.41) is 2.55. The van der Waals surface area contributed by atoms with Gasteiger partial charge in [0.15, 0.2) is 11.5 Å². The summed E-state index contributed by atoms with van der Waals surface area (Å²) >= 11 is 1.46. The van der Waals surface area contributed by atoms with Crippen LogP contribution in [0.25, 0.3) is 0 Å². The van der Waals surface area contributed by atoms with Gasteiger partial charge in [-0.1, -0.05) is 17.4 Å². The molecule has 90 valence electrons. The molecule has 0 amide bonds. The molecule has 17 heavy (non-hydrogen) atoms. The molecule has 0 aliphatic rings. The smallest absolute Gasteiger partial charge is 0.279 e. The minimum atomic E-state index is 0.479. The monoisotopic (exact) mass is 250 g/mol. The molecule has 1 heterocycles. The third-order valence-electron chi connectivity index (χ3n) is 2.26. The number of hydrogen-bond acceptors (Lipinski definition) is 5. The Morgan fingerprint density at radius 3 is 2.76 bits per heavy atom. The summed E-state index contributed by atoms with van der Waals surface area (Å²) in [6.07, 6.45) is 0. The van der Waals surface area contributed by atoms with E-state index in [2.05, 4.69) is 4.98 Å². The predicted molar refractivity (Wildman–Crippen MR) is 67.8 cm³/mol. The SMILES string of the molecule is COc1cc(CN)ccc1Oc1nc(C)cs1. The molecule has 2 aromatic rings. The van der Waals surface area contributed by atoms with Crippen molar-refractivity contribution in [2.75, 3.05) is 7.11 Å². The second-order valence-electron chi connectivity index (χ2n) is 3.55. The van der Waals surface area contributed by atoms with Crippen LogP contribution in [-0.2, 0) is 6.54 Å². The largest absolute Gasteiger partial charge is 0.493 e. The lowest BCUT2D eigenvalue weighted by atomic mass is 10.2. The summed E-state index contributed by atoms with van der Waals surface area (Å²) in [5.41, 5.74) is 7.52. The van der Waals surface area contributed by atoms with Gasteiger partial charge < -0.3 is 15.2 Å². The molecule has 0 saturated carbocycles. The Balaban J connectivity index is 2.26. The molecule has 0 bridgehead atoms. The van der Waals surface area contributed by atoms with Gasteiger partial charge in [-0.25, -0.2) is 4.98 Å². The third-order valence-corrected chi connectivity index (χ3v) is 3.09. The Labute approximate surface area is 104 Å².